The molecule has 1 heterocycles. The molecule has 0 fully saturated rings. The van der Waals surface area contributed by atoms with Gasteiger partial charge in [-0.1, -0.05) is 36.8 Å². The molecule has 7 nitrogen and oxygen atoms in total. The van der Waals surface area contributed by atoms with Crippen molar-refractivity contribution in [3.63, 3.8) is 0 Å². The molecule has 0 aliphatic rings. The minimum absolute atomic E-state index is 0.0698. The minimum atomic E-state index is -0.800. The zero-order chi connectivity index (χ0) is 27.1. The number of carboxylic acids is 1. The number of anilines is 1. The van der Waals surface area contributed by atoms with Crippen LogP contribution in [-0.2, 0) is 16.1 Å². The lowest BCUT2D eigenvalue weighted by Crippen LogP contribution is -2.30. The van der Waals surface area contributed by atoms with E-state index in [0.29, 0.717) is 31.7 Å². The molecular weight excluding hydrogens is 480 g/mol. The molecule has 0 saturated heterocycles. The van der Waals surface area contributed by atoms with Crippen LogP contribution in [0.25, 0.3) is 22.2 Å². The van der Waals surface area contributed by atoms with Crippen molar-refractivity contribution in [2.45, 2.75) is 39.2 Å². The van der Waals surface area contributed by atoms with Crippen molar-refractivity contribution in [2.75, 3.05) is 25.7 Å². The molecule has 0 saturated carbocycles. The van der Waals surface area contributed by atoms with Crippen molar-refractivity contribution >= 4 is 28.5 Å². The molecule has 198 valence electrons. The fraction of sp³-hybridized carbons (Fsp3) is 0.290. The third kappa shape index (κ3) is 5.99. The Kier molecular flexibility index (Phi) is 8.69. The van der Waals surface area contributed by atoms with E-state index in [1.165, 1.54) is 0 Å². The Bertz CT molecular complexity index is 1390. The number of nitrogens with zero attached hydrogens (tertiary/aromatic N) is 2. The van der Waals surface area contributed by atoms with Crippen LogP contribution in [0, 0.1) is 0 Å². The first kappa shape index (κ1) is 26.8. The van der Waals surface area contributed by atoms with E-state index in [-0.39, 0.29) is 12.3 Å². The molecule has 0 atom stereocenters. The van der Waals surface area contributed by atoms with E-state index in [2.05, 4.69) is 16.7 Å². The van der Waals surface area contributed by atoms with Gasteiger partial charge in [-0.3, -0.25) is 9.59 Å². The summed E-state index contributed by atoms with van der Waals surface area (Å²) in [5.41, 5.74) is 4.85. The Morgan fingerprint density at radius 1 is 0.868 bits per heavy atom. The Hall–Kier alpha value is -4.26. The van der Waals surface area contributed by atoms with Gasteiger partial charge in [0, 0.05) is 37.4 Å². The van der Waals surface area contributed by atoms with Gasteiger partial charge in [-0.25, -0.2) is 0 Å². The molecule has 1 N–H and O–H groups in total. The van der Waals surface area contributed by atoms with Crippen molar-refractivity contribution < 1.29 is 24.2 Å². The molecule has 0 spiro atoms. The standard InChI is InChI=1S/C31H34N2O5/c1-22(34)32(19-9-5-8-12-29(35)36)31-27-20-26(38-3)17-18-28(27)33(21-23-10-6-4-7-11-23)30(31)24-13-15-25(37-2)16-14-24/h4,6-7,10-11,13-18,20H,5,8-9,12,19,21H2,1-3H3,(H,35,36). The quantitative estimate of drug-likeness (QED) is 0.222. The van der Waals surface area contributed by atoms with Crippen molar-refractivity contribution in [1.29, 1.82) is 0 Å². The highest BCUT2D eigenvalue weighted by Gasteiger charge is 2.26. The molecular formula is C31H34N2O5. The van der Waals surface area contributed by atoms with E-state index in [1.54, 1.807) is 21.1 Å². The van der Waals surface area contributed by atoms with Crippen LogP contribution in [0.3, 0.4) is 0 Å². The lowest BCUT2D eigenvalue weighted by Gasteiger charge is -2.23. The largest absolute Gasteiger partial charge is 0.497 e. The highest BCUT2D eigenvalue weighted by Crippen LogP contribution is 2.43. The van der Waals surface area contributed by atoms with Crippen LogP contribution in [0.1, 0.15) is 38.2 Å². The average Bonchev–Trinajstić information content (AvgIpc) is 3.23. The summed E-state index contributed by atoms with van der Waals surface area (Å²) in [7, 11) is 3.28. The summed E-state index contributed by atoms with van der Waals surface area (Å²) in [6.45, 7) is 2.69. The molecule has 0 radical (unpaired) electrons. The van der Waals surface area contributed by atoms with Crippen LogP contribution in [-0.4, -0.2) is 42.3 Å². The SMILES string of the molecule is COc1ccc(-c2c(N(CCCCCC(=O)O)C(C)=O)c3cc(OC)ccc3n2Cc2ccccc2)cc1. The first-order chi connectivity index (χ1) is 18.4. The Morgan fingerprint density at radius 3 is 2.18 bits per heavy atom. The van der Waals surface area contributed by atoms with Crippen LogP contribution in [0.15, 0.2) is 72.8 Å². The van der Waals surface area contributed by atoms with Gasteiger partial charge in [0.2, 0.25) is 5.91 Å². The zero-order valence-electron chi connectivity index (χ0n) is 22.1. The Balaban J connectivity index is 1.90. The molecule has 1 aromatic heterocycles. The molecule has 7 heteroatoms. The average molecular weight is 515 g/mol. The van der Waals surface area contributed by atoms with Crippen LogP contribution < -0.4 is 14.4 Å². The highest BCUT2D eigenvalue weighted by atomic mass is 16.5. The second-order valence-electron chi connectivity index (χ2n) is 9.26. The Morgan fingerprint density at radius 2 is 1.55 bits per heavy atom. The summed E-state index contributed by atoms with van der Waals surface area (Å²) in [5.74, 6) is 0.595. The molecule has 0 bridgehead atoms. The summed E-state index contributed by atoms with van der Waals surface area (Å²) in [6.07, 6.45) is 2.13. The van der Waals surface area contributed by atoms with E-state index >= 15 is 0 Å². The summed E-state index contributed by atoms with van der Waals surface area (Å²) >= 11 is 0. The summed E-state index contributed by atoms with van der Waals surface area (Å²) in [4.78, 5) is 25.9. The number of methoxy groups -OCH3 is 2. The van der Waals surface area contributed by atoms with E-state index in [9.17, 15) is 9.59 Å². The number of aliphatic carboxylic acids is 1. The lowest BCUT2D eigenvalue weighted by atomic mass is 10.1. The predicted octanol–water partition coefficient (Wildman–Crippen LogP) is 6.37. The van der Waals surface area contributed by atoms with Gasteiger partial charge in [-0.2, -0.15) is 0 Å². The summed E-state index contributed by atoms with van der Waals surface area (Å²) < 4.78 is 13.2. The van der Waals surface area contributed by atoms with Crippen molar-refractivity contribution in [2.24, 2.45) is 0 Å². The van der Waals surface area contributed by atoms with Gasteiger partial charge in [0.25, 0.3) is 0 Å². The van der Waals surface area contributed by atoms with Gasteiger partial charge < -0.3 is 24.0 Å². The first-order valence-corrected chi connectivity index (χ1v) is 12.8. The van der Waals surface area contributed by atoms with Crippen molar-refractivity contribution in [3.05, 3.63) is 78.4 Å². The molecule has 4 rings (SSSR count). The number of benzene rings is 3. The minimum Gasteiger partial charge on any atom is -0.497 e. The maximum atomic E-state index is 13.1. The fourth-order valence-electron chi connectivity index (χ4n) is 4.84. The Labute approximate surface area is 223 Å². The van der Waals surface area contributed by atoms with Gasteiger partial charge in [0.15, 0.2) is 0 Å². The number of fused-ring (bicyclic) bond motifs is 1. The normalized spacial score (nSPS) is 10.9. The number of carbonyl (C=O) groups excluding carboxylic acids is 1. The summed E-state index contributed by atoms with van der Waals surface area (Å²) in [5, 5.41) is 9.91. The number of unbranched alkanes of at least 4 members (excludes halogenated alkanes) is 2. The van der Waals surface area contributed by atoms with Gasteiger partial charge >= 0.3 is 5.97 Å². The van der Waals surface area contributed by atoms with Crippen molar-refractivity contribution in [3.8, 4) is 22.8 Å². The van der Waals surface area contributed by atoms with Crippen LogP contribution in [0.2, 0.25) is 0 Å². The van der Waals surface area contributed by atoms with Gasteiger partial charge in [0.05, 0.1) is 31.1 Å². The number of hydrogen-bond acceptors (Lipinski definition) is 4. The zero-order valence-corrected chi connectivity index (χ0v) is 22.1. The molecule has 0 unspecified atom stereocenters. The number of carbonyl (C=O) groups is 2. The highest BCUT2D eigenvalue weighted by molar-refractivity contribution is 6.09. The molecule has 0 aliphatic carbocycles. The van der Waals surface area contributed by atoms with E-state index in [4.69, 9.17) is 14.6 Å². The second-order valence-corrected chi connectivity index (χ2v) is 9.26. The van der Waals surface area contributed by atoms with E-state index in [0.717, 1.165) is 45.6 Å². The van der Waals surface area contributed by atoms with Gasteiger partial charge in [0.1, 0.15) is 11.5 Å². The van der Waals surface area contributed by atoms with E-state index < -0.39 is 5.97 Å². The van der Waals surface area contributed by atoms with Gasteiger partial charge in [-0.15, -0.1) is 0 Å². The number of hydrogen-bond donors (Lipinski definition) is 1. The fourth-order valence-corrected chi connectivity index (χ4v) is 4.84. The number of amides is 1. The molecule has 3 aromatic carbocycles. The molecule has 1 amide bonds. The van der Waals surface area contributed by atoms with Crippen molar-refractivity contribution in [1.82, 2.24) is 4.57 Å². The number of carboxylic acid groups (broad SMARTS) is 1. The molecule has 38 heavy (non-hydrogen) atoms. The van der Waals surface area contributed by atoms with E-state index in [1.807, 2.05) is 65.6 Å². The molecule has 4 aromatic rings. The number of aromatic nitrogens is 1. The monoisotopic (exact) mass is 514 g/mol. The van der Waals surface area contributed by atoms with Crippen LogP contribution >= 0.6 is 0 Å². The first-order valence-electron chi connectivity index (χ1n) is 12.8. The maximum Gasteiger partial charge on any atom is 0.303 e. The van der Waals surface area contributed by atoms with Crippen LogP contribution in [0.4, 0.5) is 5.69 Å². The third-order valence-electron chi connectivity index (χ3n) is 6.71. The summed E-state index contributed by atoms with van der Waals surface area (Å²) in [6, 6.07) is 24.1. The molecule has 0 aliphatic heterocycles. The lowest BCUT2D eigenvalue weighted by molar-refractivity contribution is -0.137. The third-order valence-corrected chi connectivity index (χ3v) is 6.71. The second kappa shape index (κ2) is 12.3. The maximum absolute atomic E-state index is 13.1. The number of rotatable bonds is 12. The number of ether oxygens (including phenoxy) is 2. The van der Waals surface area contributed by atoms with Crippen LogP contribution in [0.5, 0.6) is 11.5 Å². The van der Waals surface area contributed by atoms with Gasteiger partial charge in [-0.05, 0) is 60.9 Å². The smallest absolute Gasteiger partial charge is 0.303 e. The topological polar surface area (TPSA) is 81.0 Å². The predicted molar refractivity (Wildman–Crippen MR) is 150 cm³/mol.